The Bertz CT molecular complexity index is 461. The molecule has 3 N–H and O–H groups in total. The number of hydrogen-bond donors (Lipinski definition) is 2. The van der Waals surface area contributed by atoms with Crippen molar-refractivity contribution >= 4 is 27.6 Å². The summed E-state index contributed by atoms with van der Waals surface area (Å²) in [5.41, 5.74) is 7.64. The molecule has 2 rings (SSSR count). The van der Waals surface area contributed by atoms with Crippen molar-refractivity contribution in [3.8, 4) is 0 Å². The maximum atomic E-state index is 11.8. The maximum Gasteiger partial charge on any atom is 0.328 e. The van der Waals surface area contributed by atoms with Crippen LogP contribution in [0.25, 0.3) is 0 Å². The minimum absolute atomic E-state index is 0.213. The van der Waals surface area contributed by atoms with Crippen molar-refractivity contribution in [3.63, 3.8) is 0 Å². The highest BCUT2D eigenvalue weighted by molar-refractivity contribution is 9.10. The molecule has 0 radical (unpaired) electrons. The molecule has 1 aromatic rings. The number of benzene rings is 1. The van der Waals surface area contributed by atoms with Gasteiger partial charge in [-0.2, -0.15) is 0 Å². The molecule has 0 aliphatic heterocycles. The highest BCUT2D eigenvalue weighted by atomic mass is 79.9. The Morgan fingerprint density at radius 1 is 1.58 bits per heavy atom. The largest absolute Gasteiger partial charge is 0.467 e. The van der Waals surface area contributed by atoms with Gasteiger partial charge in [0.1, 0.15) is 6.04 Å². The van der Waals surface area contributed by atoms with E-state index in [2.05, 4.69) is 21.2 Å². The van der Waals surface area contributed by atoms with E-state index in [-0.39, 0.29) is 12.0 Å². The number of nitrogens with two attached hydrogens (primary N) is 1. The summed E-state index contributed by atoms with van der Waals surface area (Å²) in [6.07, 6.45) is 3.23. The first-order valence-corrected chi connectivity index (χ1v) is 7.26. The minimum atomic E-state index is -0.294. The zero-order valence-electron chi connectivity index (χ0n) is 11.0. The fourth-order valence-electron chi connectivity index (χ4n) is 2.13. The molecule has 0 amide bonds. The highest BCUT2D eigenvalue weighted by Gasteiger charge is 2.30. The van der Waals surface area contributed by atoms with Crippen molar-refractivity contribution in [2.75, 3.05) is 12.4 Å². The van der Waals surface area contributed by atoms with Crippen LogP contribution in [-0.4, -0.2) is 19.1 Å². The molecular formula is C14H19BrN2O2. The molecule has 104 valence electrons. The van der Waals surface area contributed by atoms with E-state index >= 15 is 0 Å². The number of rotatable bonds is 6. The number of carbonyl (C=O) groups excluding carboxylic acids is 1. The zero-order chi connectivity index (χ0) is 13.8. The molecule has 4 nitrogen and oxygen atoms in total. The second kappa shape index (κ2) is 6.39. The number of nitrogens with one attached hydrogen (secondary N) is 1. The molecule has 0 spiro atoms. The lowest BCUT2D eigenvalue weighted by Gasteiger charge is -2.20. The SMILES string of the molecule is COC(=O)C(CC1CC1)Nc1cccc(Br)c1CN. The van der Waals surface area contributed by atoms with Crippen molar-refractivity contribution in [1.82, 2.24) is 0 Å². The van der Waals surface area contributed by atoms with Crippen LogP contribution in [0.2, 0.25) is 0 Å². The molecule has 0 saturated heterocycles. The van der Waals surface area contributed by atoms with E-state index in [0.717, 1.165) is 22.1 Å². The Morgan fingerprint density at radius 3 is 2.89 bits per heavy atom. The molecule has 0 heterocycles. The Kier molecular flexibility index (Phi) is 4.82. The quantitative estimate of drug-likeness (QED) is 0.789. The second-order valence-electron chi connectivity index (χ2n) is 4.87. The van der Waals surface area contributed by atoms with Crippen molar-refractivity contribution < 1.29 is 9.53 Å². The Morgan fingerprint density at radius 2 is 2.32 bits per heavy atom. The van der Waals surface area contributed by atoms with Crippen LogP contribution in [0.1, 0.15) is 24.8 Å². The number of halogens is 1. The van der Waals surface area contributed by atoms with Gasteiger partial charge in [0, 0.05) is 22.3 Å². The molecule has 0 bridgehead atoms. The number of ether oxygens (including phenoxy) is 1. The van der Waals surface area contributed by atoms with E-state index in [1.54, 1.807) is 0 Å². The van der Waals surface area contributed by atoms with Gasteiger partial charge in [-0.3, -0.25) is 0 Å². The summed E-state index contributed by atoms with van der Waals surface area (Å²) < 4.78 is 5.83. The molecule has 1 saturated carbocycles. The summed E-state index contributed by atoms with van der Waals surface area (Å²) >= 11 is 3.48. The lowest BCUT2D eigenvalue weighted by molar-refractivity contribution is -0.141. The van der Waals surface area contributed by atoms with Gasteiger partial charge in [-0.05, 0) is 24.5 Å². The summed E-state index contributed by atoms with van der Waals surface area (Å²) in [5, 5.41) is 3.28. The molecule has 1 aliphatic rings. The summed E-state index contributed by atoms with van der Waals surface area (Å²) in [6, 6.07) is 5.52. The van der Waals surface area contributed by atoms with Crippen LogP contribution in [0, 0.1) is 5.92 Å². The molecule has 1 unspecified atom stereocenters. The number of methoxy groups -OCH3 is 1. The Labute approximate surface area is 121 Å². The van der Waals surface area contributed by atoms with Crippen molar-refractivity contribution in [2.45, 2.75) is 31.8 Å². The first-order valence-electron chi connectivity index (χ1n) is 6.47. The fraction of sp³-hybridized carbons (Fsp3) is 0.500. The first-order chi connectivity index (χ1) is 9.15. The Hall–Kier alpha value is -1.07. The minimum Gasteiger partial charge on any atom is -0.467 e. The Balaban J connectivity index is 2.15. The van der Waals surface area contributed by atoms with Gasteiger partial charge in [0.2, 0.25) is 0 Å². The van der Waals surface area contributed by atoms with Crippen molar-refractivity contribution in [1.29, 1.82) is 0 Å². The molecule has 1 aliphatic carbocycles. The normalized spacial score (nSPS) is 15.9. The van der Waals surface area contributed by atoms with Crippen LogP contribution in [0.3, 0.4) is 0 Å². The average molecular weight is 327 g/mol. The van der Waals surface area contributed by atoms with Gasteiger partial charge in [-0.15, -0.1) is 0 Å². The molecule has 1 atom stereocenters. The van der Waals surface area contributed by atoms with E-state index < -0.39 is 0 Å². The summed E-state index contributed by atoms with van der Waals surface area (Å²) in [6.45, 7) is 0.418. The van der Waals surface area contributed by atoms with Gasteiger partial charge in [-0.1, -0.05) is 34.8 Å². The molecular weight excluding hydrogens is 308 g/mol. The predicted molar refractivity (Wildman–Crippen MR) is 78.8 cm³/mol. The van der Waals surface area contributed by atoms with Crippen LogP contribution < -0.4 is 11.1 Å². The fourth-order valence-corrected chi connectivity index (χ4v) is 2.66. The van der Waals surface area contributed by atoms with E-state index in [1.807, 2.05) is 18.2 Å². The topological polar surface area (TPSA) is 64.3 Å². The second-order valence-corrected chi connectivity index (χ2v) is 5.72. The third-order valence-corrected chi connectivity index (χ3v) is 4.15. The molecule has 5 heteroatoms. The van der Waals surface area contributed by atoms with E-state index in [1.165, 1.54) is 20.0 Å². The lowest BCUT2D eigenvalue weighted by Crippen LogP contribution is -2.31. The van der Waals surface area contributed by atoms with Gasteiger partial charge < -0.3 is 15.8 Å². The summed E-state index contributed by atoms with van der Waals surface area (Å²) in [5.74, 6) is 0.430. The predicted octanol–water partition coefficient (Wildman–Crippen LogP) is 2.66. The number of esters is 1. The van der Waals surface area contributed by atoms with Crippen molar-refractivity contribution in [3.05, 3.63) is 28.2 Å². The van der Waals surface area contributed by atoms with Crippen LogP contribution in [-0.2, 0) is 16.1 Å². The third kappa shape index (κ3) is 3.70. The van der Waals surface area contributed by atoms with Crippen molar-refractivity contribution in [2.24, 2.45) is 11.7 Å². The number of anilines is 1. The maximum absolute atomic E-state index is 11.8. The van der Waals surface area contributed by atoms with Crippen LogP contribution in [0.4, 0.5) is 5.69 Å². The van der Waals surface area contributed by atoms with Crippen LogP contribution in [0.15, 0.2) is 22.7 Å². The molecule has 1 aromatic carbocycles. The zero-order valence-corrected chi connectivity index (χ0v) is 12.6. The number of hydrogen-bond acceptors (Lipinski definition) is 4. The average Bonchev–Trinajstić information content (AvgIpc) is 3.21. The van der Waals surface area contributed by atoms with E-state index in [0.29, 0.717) is 12.5 Å². The van der Waals surface area contributed by atoms with Gasteiger partial charge >= 0.3 is 5.97 Å². The summed E-state index contributed by atoms with van der Waals surface area (Å²) in [7, 11) is 1.43. The van der Waals surface area contributed by atoms with Gasteiger partial charge in [0.25, 0.3) is 0 Å². The standard InChI is InChI=1S/C14H19BrN2O2/c1-19-14(18)13(7-9-5-6-9)17-12-4-2-3-11(15)10(12)8-16/h2-4,9,13,17H,5-8,16H2,1H3. The molecule has 0 aromatic heterocycles. The molecule has 19 heavy (non-hydrogen) atoms. The highest BCUT2D eigenvalue weighted by Crippen LogP contribution is 2.35. The summed E-state index contributed by atoms with van der Waals surface area (Å²) in [4.78, 5) is 11.8. The van der Waals surface area contributed by atoms with E-state index in [9.17, 15) is 4.79 Å². The first kappa shape index (κ1) is 14.3. The number of carbonyl (C=O) groups is 1. The molecule has 1 fully saturated rings. The van der Waals surface area contributed by atoms with Gasteiger partial charge in [0.15, 0.2) is 0 Å². The van der Waals surface area contributed by atoms with Gasteiger partial charge in [-0.25, -0.2) is 4.79 Å². The van der Waals surface area contributed by atoms with Crippen LogP contribution >= 0.6 is 15.9 Å². The van der Waals surface area contributed by atoms with E-state index in [4.69, 9.17) is 10.5 Å². The third-order valence-electron chi connectivity index (χ3n) is 3.40. The monoisotopic (exact) mass is 326 g/mol. The smallest absolute Gasteiger partial charge is 0.328 e. The van der Waals surface area contributed by atoms with Crippen LogP contribution in [0.5, 0.6) is 0 Å². The van der Waals surface area contributed by atoms with Gasteiger partial charge in [0.05, 0.1) is 7.11 Å². The lowest BCUT2D eigenvalue weighted by atomic mass is 10.1.